The number of piperidine rings is 1. The Kier molecular flexibility index (Phi) is 6.16. The van der Waals surface area contributed by atoms with Gasteiger partial charge in [0.05, 0.1) is 17.4 Å². The molecule has 1 fully saturated rings. The molecule has 2 rings (SSSR count). The molecule has 128 valence electrons. The molecular weight excluding hydrogens is 387 g/mol. The highest BCUT2D eigenvalue weighted by Gasteiger charge is 2.32. The number of sulfonamides is 1. The summed E-state index contributed by atoms with van der Waals surface area (Å²) in [5, 5.41) is 2.55. The smallest absolute Gasteiger partial charge is 0.228 e. The number of anilines is 1. The molecule has 1 aromatic carbocycles. The third-order valence-corrected chi connectivity index (χ3v) is 6.34. The number of hydrogen-bond acceptors (Lipinski definition) is 3. The third kappa shape index (κ3) is 4.74. The average molecular weight is 407 g/mol. The van der Waals surface area contributed by atoms with E-state index in [-0.39, 0.29) is 23.9 Å². The molecule has 0 saturated carbocycles. The molecule has 0 bridgehead atoms. The van der Waals surface area contributed by atoms with E-state index in [2.05, 4.69) is 21.2 Å². The van der Waals surface area contributed by atoms with E-state index < -0.39 is 21.8 Å². The molecule has 0 aliphatic carbocycles. The Balaban J connectivity index is 2.05. The van der Waals surface area contributed by atoms with Crippen molar-refractivity contribution in [2.45, 2.75) is 26.2 Å². The van der Waals surface area contributed by atoms with E-state index in [0.29, 0.717) is 30.3 Å². The number of amides is 1. The molecule has 1 atom stereocenters. The second-order valence-electron chi connectivity index (χ2n) is 5.63. The van der Waals surface area contributed by atoms with E-state index in [0.717, 1.165) is 0 Å². The van der Waals surface area contributed by atoms with Crippen molar-refractivity contribution in [3.05, 3.63) is 28.5 Å². The first-order valence-corrected chi connectivity index (χ1v) is 9.97. The van der Waals surface area contributed by atoms with Crippen molar-refractivity contribution in [1.29, 1.82) is 0 Å². The van der Waals surface area contributed by atoms with Crippen molar-refractivity contribution in [3.8, 4) is 0 Å². The Labute approximate surface area is 144 Å². The second kappa shape index (κ2) is 7.72. The van der Waals surface area contributed by atoms with Crippen molar-refractivity contribution in [2.24, 2.45) is 5.92 Å². The molecule has 1 amide bonds. The summed E-state index contributed by atoms with van der Waals surface area (Å²) in [6, 6.07) is 4.39. The van der Waals surface area contributed by atoms with Crippen molar-refractivity contribution in [3.63, 3.8) is 0 Å². The van der Waals surface area contributed by atoms with E-state index in [1.54, 1.807) is 6.07 Å². The first-order valence-electron chi connectivity index (χ1n) is 7.57. The quantitative estimate of drug-likeness (QED) is 0.816. The molecule has 1 aliphatic heterocycles. The van der Waals surface area contributed by atoms with Gasteiger partial charge in [-0.3, -0.25) is 4.79 Å². The SMILES string of the molecule is CCCS(=O)(=O)N1CCC[C@@H](C(=O)Nc2ccc(Br)cc2F)C1. The van der Waals surface area contributed by atoms with Crippen LogP contribution in [0.1, 0.15) is 26.2 Å². The number of benzene rings is 1. The first kappa shape index (κ1) is 18.4. The molecule has 0 unspecified atom stereocenters. The van der Waals surface area contributed by atoms with Gasteiger partial charge in [-0.2, -0.15) is 0 Å². The van der Waals surface area contributed by atoms with Gasteiger partial charge in [0.15, 0.2) is 0 Å². The highest BCUT2D eigenvalue weighted by Crippen LogP contribution is 2.24. The molecule has 8 heteroatoms. The highest BCUT2D eigenvalue weighted by atomic mass is 79.9. The van der Waals surface area contributed by atoms with Crippen molar-refractivity contribution in [2.75, 3.05) is 24.2 Å². The molecule has 23 heavy (non-hydrogen) atoms. The minimum Gasteiger partial charge on any atom is -0.323 e. The van der Waals surface area contributed by atoms with Gasteiger partial charge in [-0.25, -0.2) is 17.1 Å². The maximum atomic E-state index is 13.8. The molecule has 0 spiro atoms. The predicted octanol–water partition coefficient (Wildman–Crippen LogP) is 2.98. The third-order valence-electron chi connectivity index (χ3n) is 3.80. The van der Waals surface area contributed by atoms with E-state index in [9.17, 15) is 17.6 Å². The minimum absolute atomic E-state index is 0.0860. The monoisotopic (exact) mass is 406 g/mol. The molecule has 0 aromatic heterocycles. The summed E-state index contributed by atoms with van der Waals surface area (Å²) in [6.45, 7) is 2.41. The van der Waals surface area contributed by atoms with Crippen LogP contribution in [0, 0.1) is 11.7 Å². The maximum Gasteiger partial charge on any atom is 0.228 e. The molecule has 1 aliphatic rings. The second-order valence-corrected chi connectivity index (χ2v) is 8.63. The first-order chi connectivity index (χ1) is 10.8. The lowest BCUT2D eigenvalue weighted by molar-refractivity contribution is -0.120. The summed E-state index contributed by atoms with van der Waals surface area (Å²) < 4.78 is 40.0. The lowest BCUT2D eigenvalue weighted by Gasteiger charge is -2.31. The van der Waals surface area contributed by atoms with E-state index in [4.69, 9.17) is 0 Å². The number of nitrogens with one attached hydrogen (secondary N) is 1. The van der Waals surface area contributed by atoms with Crippen molar-refractivity contribution in [1.82, 2.24) is 4.31 Å². The highest BCUT2D eigenvalue weighted by molar-refractivity contribution is 9.10. The molecule has 1 aromatic rings. The summed E-state index contributed by atoms with van der Waals surface area (Å²) in [6.07, 6.45) is 1.77. The number of hydrogen-bond donors (Lipinski definition) is 1. The Morgan fingerprint density at radius 3 is 2.87 bits per heavy atom. The molecule has 1 saturated heterocycles. The van der Waals surface area contributed by atoms with Gasteiger partial charge in [0.25, 0.3) is 0 Å². The van der Waals surface area contributed by atoms with Crippen LogP contribution >= 0.6 is 15.9 Å². The molecule has 1 N–H and O–H groups in total. The fourth-order valence-electron chi connectivity index (χ4n) is 2.62. The lowest BCUT2D eigenvalue weighted by atomic mass is 9.98. The zero-order valence-corrected chi connectivity index (χ0v) is 15.3. The minimum atomic E-state index is -3.31. The molecule has 0 radical (unpaired) electrons. The van der Waals surface area contributed by atoms with Crippen LogP contribution in [0.5, 0.6) is 0 Å². The van der Waals surface area contributed by atoms with Gasteiger partial charge in [-0.1, -0.05) is 22.9 Å². The predicted molar refractivity (Wildman–Crippen MR) is 91.1 cm³/mol. The van der Waals surface area contributed by atoms with Gasteiger partial charge in [-0.15, -0.1) is 0 Å². The number of carbonyl (C=O) groups is 1. The van der Waals surface area contributed by atoms with Crippen LogP contribution < -0.4 is 5.32 Å². The van der Waals surface area contributed by atoms with Crippen LogP contribution in [-0.2, 0) is 14.8 Å². The fourth-order valence-corrected chi connectivity index (χ4v) is 4.54. The number of carbonyl (C=O) groups excluding carboxylic acids is 1. The van der Waals surface area contributed by atoms with E-state index in [1.165, 1.54) is 16.4 Å². The van der Waals surface area contributed by atoms with Crippen molar-refractivity contribution >= 4 is 37.5 Å². The van der Waals surface area contributed by atoms with E-state index >= 15 is 0 Å². The average Bonchev–Trinajstić information content (AvgIpc) is 2.50. The van der Waals surface area contributed by atoms with Crippen LogP contribution in [0.3, 0.4) is 0 Å². The van der Waals surface area contributed by atoms with Gasteiger partial charge in [-0.05, 0) is 37.5 Å². The summed E-state index contributed by atoms with van der Waals surface area (Å²) in [5.41, 5.74) is 0.103. The number of halogens is 2. The van der Waals surface area contributed by atoms with Crippen LogP contribution in [0.2, 0.25) is 0 Å². The largest absolute Gasteiger partial charge is 0.323 e. The van der Waals surface area contributed by atoms with Gasteiger partial charge in [0.1, 0.15) is 5.82 Å². The van der Waals surface area contributed by atoms with Crippen LogP contribution in [0.15, 0.2) is 22.7 Å². The Morgan fingerprint density at radius 1 is 1.48 bits per heavy atom. The summed E-state index contributed by atoms with van der Waals surface area (Å²) in [4.78, 5) is 12.3. The normalized spacial score (nSPS) is 19.5. The Hall–Kier alpha value is -0.990. The maximum absolute atomic E-state index is 13.8. The Bertz CT molecular complexity index is 681. The topological polar surface area (TPSA) is 66.5 Å². The lowest BCUT2D eigenvalue weighted by Crippen LogP contribution is -2.44. The molecule has 1 heterocycles. The van der Waals surface area contributed by atoms with Crippen LogP contribution in [-0.4, -0.2) is 37.5 Å². The standard InChI is InChI=1S/C15H20BrFN2O3S/c1-2-8-23(21,22)19-7-3-4-11(10-19)15(20)18-14-6-5-12(16)9-13(14)17/h5-6,9,11H,2-4,7-8,10H2,1H3,(H,18,20)/t11-/m1/s1. The zero-order chi connectivity index (χ0) is 17.0. The van der Waals surface area contributed by atoms with Gasteiger partial charge in [0, 0.05) is 17.6 Å². The summed E-state index contributed by atoms with van der Waals surface area (Å²) in [7, 11) is -3.31. The van der Waals surface area contributed by atoms with Crippen LogP contribution in [0.4, 0.5) is 10.1 Å². The van der Waals surface area contributed by atoms with Gasteiger partial charge >= 0.3 is 0 Å². The van der Waals surface area contributed by atoms with Gasteiger partial charge in [0.2, 0.25) is 15.9 Å². The van der Waals surface area contributed by atoms with Gasteiger partial charge < -0.3 is 5.32 Å². The van der Waals surface area contributed by atoms with E-state index in [1.807, 2.05) is 6.92 Å². The summed E-state index contributed by atoms with van der Waals surface area (Å²) in [5.74, 6) is -1.25. The summed E-state index contributed by atoms with van der Waals surface area (Å²) >= 11 is 3.16. The number of rotatable bonds is 5. The fraction of sp³-hybridized carbons (Fsp3) is 0.533. The van der Waals surface area contributed by atoms with Crippen molar-refractivity contribution < 1.29 is 17.6 Å². The zero-order valence-electron chi connectivity index (χ0n) is 12.9. The number of nitrogens with zero attached hydrogens (tertiary/aromatic N) is 1. The van der Waals surface area contributed by atoms with Crippen LogP contribution in [0.25, 0.3) is 0 Å². The Morgan fingerprint density at radius 2 is 2.22 bits per heavy atom. The molecule has 5 nitrogen and oxygen atoms in total. The molecular formula is C15H20BrFN2O3S.